The molecule has 0 saturated heterocycles. The first kappa shape index (κ1) is 13.5. The highest BCUT2D eigenvalue weighted by molar-refractivity contribution is 7.11. The molecule has 2 rings (SSSR count). The highest BCUT2D eigenvalue weighted by Crippen LogP contribution is 2.39. The van der Waals surface area contributed by atoms with Gasteiger partial charge >= 0.3 is 0 Å². The number of anilines is 2. The minimum atomic E-state index is 0.127. The summed E-state index contributed by atoms with van der Waals surface area (Å²) in [4.78, 5) is 2.25. The number of nitrogen functional groups attached to an aromatic ring is 1. The summed E-state index contributed by atoms with van der Waals surface area (Å²) in [5.74, 6) is 2.09. The van der Waals surface area contributed by atoms with Crippen molar-refractivity contribution >= 4 is 22.4 Å². The van der Waals surface area contributed by atoms with E-state index in [1.54, 1.807) is 0 Å². The molecule has 0 aromatic carbocycles. The van der Waals surface area contributed by atoms with Crippen LogP contribution in [0.5, 0.6) is 5.75 Å². The molecule has 0 radical (unpaired) electrons. The predicted octanol–water partition coefficient (Wildman–Crippen LogP) is 3.14. The molecule has 1 aliphatic carbocycles. The van der Waals surface area contributed by atoms with Gasteiger partial charge in [-0.1, -0.05) is 12.8 Å². The molecule has 0 spiro atoms. The van der Waals surface area contributed by atoms with E-state index in [0.29, 0.717) is 5.82 Å². The van der Waals surface area contributed by atoms with Crippen molar-refractivity contribution in [1.29, 1.82) is 0 Å². The van der Waals surface area contributed by atoms with Crippen LogP contribution in [0, 0.1) is 5.92 Å². The third-order valence-corrected chi connectivity index (χ3v) is 4.32. The lowest BCUT2D eigenvalue weighted by atomic mass is 10.1. The molecule has 2 N–H and O–H groups in total. The van der Waals surface area contributed by atoms with Crippen LogP contribution in [0.15, 0.2) is 0 Å². The van der Waals surface area contributed by atoms with Crippen molar-refractivity contribution in [2.24, 2.45) is 5.92 Å². The molecular weight excluding hydrogens is 246 g/mol. The van der Waals surface area contributed by atoms with E-state index in [9.17, 15) is 0 Å². The van der Waals surface area contributed by atoms with Gasteiger partial charge in [-0.15, -0.1) is 0 Å². The highest BCUT2D eigenvalue weighted by Gasteiger charge is 2.22. The third-order valence-electron chi connectivity index (χ3n) is 3.36. The first-order chi connectivity index (χ1) is 8.58. The fourth-order valence-corrected chi connectivity index (χ4v) is 3.25. The SMILES string of the molecule is CC(C)Oc1c(N)nsc1N(C)CC1CCCC1. The number of ether oxygens (including phenoxy) is 1. The molecule has 4 nitrogen and oxygen atoms in total. The molecule has 0 aliphatic heterocycles. The first-order valence-corrected chi connectivity index (χ1v) is 7.48. The van der Waals surface area contributed by atoms with E-state index in [0.717, 1.165) is 23.2 Å². The van der Waals surface area contributed by atoms with Crippen molar-refractivity contribution in [2.75, 3.05) is 24.2 Å². The Balaban J connectivity index is 2.06. The van der Waals surface area contributed by atoms with Crippen molar-refractivity contribution in [2.45, 2.75) is 45.6 Å². The average molecular weight is 269 g/mol. The Hall–Kier alpha value is -0.970. The number of rotatable bonds is 5. The summed E-state index contributed by atoms with van der Waals surface area (Å²) in [7, 11) is 2.11. The Labute approximate surface area is 113 Å². The van der Waals surface area contributed by atoms with Crippen molar-refractivity contribution in [3.63, 3.8) is 0 Å². The van der Waals surface area contributed by atoms with E-state index in [2.05, 4.69) is 16.3 Å². The van der Waals surface area contributed by atoms with E-state index in [1.807, 2.05) is 13.8 Å². The zero-order chi connectivity index (χ0) is 13.1. The van der Waals surface area contributed by atoms with E-state index >= 15 is 0 Å². The van der Waals surface area contributed by atoms with Gasteiger partial charge in [-0.25, -0.2) is 0 Å². The molecule has 0 atom stereocenters. The molecule has 5 heteroatoms. The summed E-state index contributed by atoms with van der Waals surface area (Å²) < 4.78 is 10.0. The second-order valence-corrected chi connectivity index (χ2v) is 6.15. The van der Waals surface area contributed by atoms with Gasteiger partial charge in [0.15, 0.2) is 16.6 Å². The van der Waals surface area contributed by atoms with E-state index in [1.165, 1.54) is 37.2 Å². The number of aromatic nitrogens is 1. The average Bonchev–Trinajstić information content (AvgIpc) is 2.90. The van der Waals surface area contributed by atoms with Gasteiger partial charge in [0.1, 0.15) is 0 Å². The lowest BCUT2D eigenvalue weighted by Crippen LogP contribution is -2.24. The van der Waals surface area contributed by atoms with Crippen LogP contribution in [-0.2, 0) is 0 Å². The molecule has 1 aliphatic rings. The van der Waals surface area contributed by atoms with Crippen LogP contribution >= 0.6 is 11.5 Å². The van der Waals surface area contributed by atoms with Crippen LogP contribution in [-0.4, -0.2) is 24.1 Å². The Morgan fingerprint density at radius 2 is 2.11 bits per heavy atom. The molecular formula is C13H23N3OS. The molecule has 102 valence electrons. The third kappa shape index (κ3) is 3.07. The molecule has 18 heavy (non-hydrogen) atoms. The Morgan fingerprint density at radius 1 is 1.44 bits per heavy atom. The van der Waals surface area contributed by atoms with E-state index in [4.69, 9.17) is 10.5 Å². The highest BCUT2D eigenvalue weighted by atomic mass is 32.1. The van der Waals surface area contributed by atoms with Gasteiger partial charge in [0.2, 0.25) is 0 Å². The minimum Gasteiger partial charge on any atom is -0.484 e. The number of hydrogen-bond donors (Lipinski definition) is 1. The molecule has 1 aromatic heterocycles. The first-order valence-electron chi connectivity index (χ1n) is 6.71. The molecule has 1 fully saturated rings. The van der Waals surface area contributed by atoms with Crippen molar-refractivity contribution in [3.05, 3.63) is 0 Å². The second kappa shape index (κ2) is 5.78. The normalized spacial score (nSPS) is 16.4. The summed E-state index contributed by atoms with van der Waals surface area (Å²) in [6, 6.07) is 0. The zero-order valence-corrected chi connectivity index (χ0v) is 12.3. The molecule has 0 bridgehead atoms. The quantitative estimate of drug-likeness (QED) is 0.892. The van der Waals surface area contributed by atoms with Crippen LogP contribution in [0.1, 0.15) is 39.5 Å². The lowest BCUT2D eigenvalue weighted by Gasteiger charge is -2.22. The van der Waals surface area contributed by atoms with Gasteiger partial charge in [0, 0.05) is 13.6 Å². The Morgan fingerprint density at radius 3 is 2.72 bits per heavy atom. The smallest absolute Gasteiger partial charge is 0.198 e. The van der Waals surface area contributed by atoms with Crippen LogP contribution in [0.3, 0.4) is 0 Å². The molecule has 1 aromatic rings. The van der Waals surface area contributed by atoms with Crippen LogP contribution < -0.4 is 15.4 Å². The van der Waals surface area contributed by atoms with Gasteiger partial charge in [-0.05, 0) is 44.1 Å². The predicted molar refractivity (Wildman–Crippen MR) is 77.5 cm³/mol. The fourth-order valence-electron chi connectivity index (χ4n) is 2.54. The zero-order valence-electron chi connectivity index (χ0n) is 11.5. The Kier molecular flexibility index (Phi) is 4.32. The number of nitrogens with two attached hydrogens (primary N) is 1. The summed E-state index contributed by atoms with van der Waals surface area (Å²) in [6.07, 6.45) is 5.57. The van der Waals surface area contributed by atoms with E-state index in [-0.39, 0.29) is 6.10 Å². The molecule has 0 amide bonds. The molecule has 0 unspecified atom stereocenters. The van der Waals surface area contributed by atoms with Crippen molar-refractivity contribution in [3.8, 4) is 5.75 Å². The van der Waals surface area contributed by atoms with Crippen molar-refractivity contribution in [1.82, 2.24) is 4.37 Å². The summed E-state index contributed by atoms with van der Waals surface area (Å²) in [6.45, 7) is 5.10. The van der Waals surface area contributed by atoms with Gasteiger partial charge in [-0.2, -0.15) is 4.37 Å². The maximum Gasteiger partial charge on any atom is 0.198 e. The van der Waals surface area contributed by atoms with E-state index < -0.39 is 0 Å². The topological polar surface area (TPSA) is 51.4 Å². The van der Waals surface area contributed by atoms with Gasteiger partial charge < -0.3 is 15.4 Å². The monoisotopic (exact) mass is 269 g/mol. The standard InChI is InChI=1S/C13H23N3OS/c1-9(2)17-11-12(14)15-18-13(11)16(3)8-10-6-4-5-7-10/h9-10H,4-8H2,1-3H3,(H2,14,15). The fraction of sp³-hybridized carbons (Fsp3) is 0.769. The summed E-state index contributed by atoms with van der Waals surface area (Å²) in [5.41, 5.74) is 5.88. The summed E-state index contributed by atoms with van der Waals surface area (Å²) >= 11 is 1.44. The van der Waals surface area contributed by atoms with Gasteiger partial charge in [0.05, 0.1) is 6.10 Å². The summed E-state index contributed by atoms with van der Waals surface area (Å²) in [5, 5.41) is 1.06. The lowest BCUT2D eigenvalue weighted by molar-refractivity contribution is 0.245. The maximum atomic E-state index is 5.88. The van der Waals surface area contributed by atoms with Crippen LogP contribution in [0.2, 0.25) is 0 Å². The second-order valence-electron chi connectivity index (χ2n) is 5.40. The van der Waals surface area contributed by atoms with Gasteiger partial charge in [0.25, 0.3) is 0 Å². The molecule has 1 heterocycles. The Bertz CT molecular complexity index is 386. The van der Waals surface area contributed by atoms with Crippen LogP contribution in [0.25, 0.3) is 0 Å². The largest absolute Gasteiger partial charge is 0.484 e. The molecule has 1 saturated carbocycles. The number of nitrogens with zero attached hydrogens (tertiary/aromatic N) is 2. The van der Waals surface area contributed by atoms with Gasteiger partial charge in [-0.3, -0.25) is 0 Å². The minimum absolute atomic E-state index is 0.127. The van der Waals surface area contributed by atoms with Crippen molar-refractivity contribution < 1.29 is 4.74 Å². The number of hydrogen-bond acceptors (Lipinski definition) is 5. The maximum absolute atomic E-state index is 5.88. The van der Waals surface area contributed by atoms with Crippen LogP contribution in [0.4, 0.5) is 10.8 Å².